The lowest BCUT2D eigenvalue weighted by Crippen LogP contribution is -2.62. The minimum Gasteiger partial charge on any atom is -0.339 e. The molecule has 2 rings (SSSR count). The van der Waals surface area contributed by atoms with Crippen molar-refractivity contribution in [3.63, 3.8) is 0 Å². The number of carbonyl (C=O) groups is 1. The van der Waals surface area contributed by atoms with Crippen LogP contribution >= 0.6 is 0 Å². The van der Waals surface area contributed by atoms with Gasteiger partial charge in [0.25, 0.3) is 5.91 Å². The Balaban J connectivity index is 1.97. The summed E-state index contributed by atoms with van der Waals surface area (Å²) in [4.78, 5) is 15.6. The molecule has 0 aromatic carbocycles. The summed E-state index contributed by atoms with van der Waals surface area (Å²) in [6.07, 6.45) is -0.517. The molecule has 2 aliphatic rings. The molecule has 2 saturated heterocycles. The maximum absolute atomic E-state index is 12.8. The summed E-state index contributed by atoms with van der Waals surface area (Å²) in [5.41, 5.74) is 2.42. The van der Waals surface area contributed by atoms with Crippen LogP contribution in [0.4, 0.5) is 13.2 Å². The van der Waals surface area contributed by atoms with Gasteiger partial charge in [0.2, 0.25) is 0 Å². The summed E-state index contributed by atoms with van der Waals surface area (Å²) >= 11 is 0. The highest BCUT2D eigenvalue weighted by atomic mass is 19.4. The molecule has 2 fully saturated rings. The van der Waals surface area contributed by atoms with E-state index in [0.717, 1.165) is 39.3 Å². The molecule has 0 aliphatic carbocycles. The van der Waals surface area contributed by atoms with Crippen molar-refractivity contribution in [2.75, 3.05) is 26.2 Å². The van der Waals surface area contributed by atoms with Crippen molar-refractivity contribution >= 4 is 5.91 Å². The first-order chi connectivity index (χ1) is 9.23. The molecular weight excluding hydrogens is 271 g/mol. The van der Waals surface area contributed by atoms with Crippen LogP contribution in [-0.2, 0) is 4.79 Å². The Morgan fingerprint density at radius 3 is 2.30 bits per heavy atom. The maximum Gasteiger partial charge on any atom is 0.415 e. The molecule has 0 bridgehead atoms. The maximum atomic E-state index is 12.8. The summed E-state index contributed by atoms with van der Waals surface area (Å²) in [6, 6.07) is 0.184. The number of nitrogens with zero attached hydrogens (tertiary/aromatic N) is 2. The second-order valence-electron chi connectivity index (χ2n) is 5.99. The summed E-state index contributed by atoms with van der Waals surface area (Å²) < 4.78 is 38.4. The van der Waals surface area contributed by atoms with Crippen LogP contribution < -0.4 is 5.73 Å². The van der Waals surface area contributed by atoms with E-state index >= 15 is 0 Å². The molecule has 2 atom stereocenters. The van der Waals surface area contributed by atoms with Gasteiger partial charge in [0.05, 0.1) is 0 Å². The van der Waals surface area contributed by atoms with Crippen molar-refractivity contribution in [3.05, 3.63) is 0 Å². The third-order valence-electron chi connectivity index (χ3n) is 4.39. The Hall–Kier alpha value is -0.820. The average Bonchev–Trinajstić information content (AvgIpc) is 2.87. The van der Waals surface area contributed by atoms with E-state index in [1.54, 1.807) is 0 Å². The lowest BCUT2D eigenvalue weighted by atomic mass is 10.0. The van der Waals surface area contributed by atoms with E-state index in [2.05, 4.69) is 4.90 Å². The molecule has 1 amide bonds. The summed E-state index contributed by atoms with van der Waals surface area (Å²) in [5, 5.41) is 0. The van der Waals surface area contributed by atoms with Crippen LogP contribution in [0.5, 0.6) is 0 Å². The lowest BCUT2D eigenvalue weighted by Gasteiger charge is -2.33. The Bertz CT molecular complexity index is 364. The molecule has 2 aliphatic heterocycles. The van der Waals surface area contributed by atoms with Crippen molar-refractivity contribution in [2.45, 2.75) is 50.4 Å². The number of hydrogen-bond donors (Lipinski definition) is 1. The first-order valence-electron chi connectivity index (χ1n) is 7.12. The minimum atomic E-state index is -4.71. The summed E-state index contributed by atoms with van der Waals surface area (Å²) in [6.45, 7) is 3.44. The van der Waals surface area contributed by atoms with Gasteiger partial charge in [0.15, 0.2) is 5.54 Å². The molecule has 7 heteroatoms. The molecule has 20 heavy (non-hydrogen) atoms. The molecule has 2 heterocycles. The number of piperidine rings is 1. The quantitative estimate of drug-likeness (QED) is 0.836. The van der Waals surface area contributed by atoms with E-state index in [4.69, 9.17) is 5.73 Å². The molecule has 4 nitrogen and oxygen atoms in total. The topological polar surface area (TPSA) is 49.6 Å². The van der Waals surface area contributed by atoms with Gasteiger partial charge in [-0.3, -0.25) is 9.69 Å². The number of carbonyl (C=O) groups excluding carboxylic acids is 1. The van der Waals surface area contributed by atoms with E-state index in [1.165, 1.54) is 11.3 Å². The number of alkyl halides is 3. The van der Waals surface area contributed by atoms with Crippen molar-refractivity contribution in [3.8, 4) is 0 Å². The van der Waals surface area contributed by atoms with Crippen LogP contribution in [0.3, 0.4) is 0 Å². The average molecular weight is 293 g/mol. The van der Waals surface area contributed by atoms with Crippen LogP contribution in [0.2, 0.25) is 0 Å². The third kappa shape index (κ3) is 2.93. The molecule has 116 valence electrons. The van der Waals surface area contributed by atoms with Crippen molar-refractivity contribution in [1.82, 2.24) is 9.80 Å². The molecule has 2 unspecified atom stereocenters. The van der Waals surface area contributed by atoms with Gasteiger partial charge < -0.3 is 10.6 Å². The van der Waals surface area contributed by atoms with Gasteiger partial charge in [-0.05, 0) is 39.3 Å². The van der Waals surface area contributed by atoms with Crippen LogP contribution in [0.1, 0.15) is 32.6 Å². The predicted molar refractivity (Wildman–Crippen MR) is 69.1 cm³/mol. The molecule has 0 spiro atoms. The van der Waals surface area contributed by atoms with Crippen LogP contribution in [0.15, 0.2) is 0 Å². The highest BCUT2D eigenvalue weighted by molar-refractivity contribution is 5.87. The first kappa shape index (κ1) is 15.6. The Labute approximate surface area is 117 Å². The van der Waals surface area contributed by atoms with Crippen LogP contribution in [0.25, 0.3) is 0 Å². The summed E-state index contributed by atoms with van der Waals surface area (Å²) in [7, 11) is 0. The zero-order valence-corrected chi connectivity index (χ0v) is 11.7. The first-order valence-corrected chi connectivity index (χ1v) is 7.12. The highest BCUT2D eigenvalue weighted by Crippen LogP contribution is 2.31. The number of nitrogens with two attached hydrogens (primary N) is 1. The van der Waals surface area contributed by atoms with Crippen molar-refractivity contribution in [2.24, 2.45) is 5.73 Å². The number of halogens is 3. The normalized spacial score (nSPS) is 28.4. The van der Waals surface area contributed by atoms with Crippen molar-refractivity contribution in [1.29, 1.82) is 0 Å². The van der Waals surface area contributed by atoms with Gasteiger partial charge >= 0.3 is 6.18 Å². The van der Waals surface area contributed by atoms with E-state index in [9.17, 15) is 18.0 Å². The number of amides is 1. The number of hydrogen-bond acceptors (Lipinski definition) is 3. The molecule has 2 N–H and O–H groups in total. The number of likely N-dealkylation sites (tertiary alicyclic amines) is 2. The van der Waals surface area contributed by atoms with E-state index in [0.29, 0.717) is 13.1 Å². The third-order valence-corrected chi connectivity index (χ3v) is 4.39. The van der Waals surface area contributed by atoms with Gasteiger partial charge in [-0.1, -0.05) is 6.42 Å². The second-order valence-corrected chi connectivity index (χ2v) is 5.99. The Morgan fingerprint density at radius 1 is 1.15 bits per heavy atom. The van der Waals surface area contributed by atoms with Crippen molar-refractivity contribution < 1.29 is 18.0 Å². The molecule has 0 aromatic heterocycles. The largest absolute Gasteiger partial charge is 0.415 e. The fraction of sp³-hybridized carbons (Fsp3) is 0.923. The highest BCUT2D eigenvalue weighted by Gasteiger charge is 2.56. The van der Waals surface area contributed by atoms with E-state index in [1.807, 2.05) is 0 Å². The Kier molecular flexibility index (Phi) is 4.30. The minimum absolute atomic E-state index is 0.184. The molecule has 0 saturated carbocycles. The van der Waals surface area contributed by atoms with Gasteiger partial charge in [-0.2, -0.15) is 13.2 Å². The smallest absolute Gasteiger partial charge is 0.339 e. The van der Waals surface area contributed by atoms with Gasteiger partial charge in [-0.25, -0.2) is 0 Å². The molecule has 0 radical (unpaired) electrons. The van der Waals surface area contributed by atoms with E-state index in [-0.39, 0.29) is 6.04 Å². The summed E-state index contributed by atoms with van der Waals surface area (Å²) in [5.74, 6) is -1.01. The second kappa shape index (κ2) is 5.52. The zero-order chi connectivity index (χ0) is 15.0. The molecular formula is C13H22F3N3O. The fourth-order valence-corrected chi connectivity index (χ4v) is 2.96. The lowest BCUT2D eigenvalue weighted by molar-refractivity contribution is -0.193. The fourth-order valence-electron chi connectivity index (χ4n) is 2.96. The van der Waals surface area contributed by atoms with Crippen LogP contribution in [-0.4, -0.2) is 59.6 Å². The van der Waals surface area contributed by atoms with Gasteiger partial charge in [-0.15, -0.1) is 0 Å². The van der Waals surface area contributed by atoms with E-state index < -0.39 is 17.6 Å². The Morgan fingerprint density at radius 2 is 1.75 bits per heavy atom. The predicted octanol–water partition coefficient (Wildman–Crippen LogP) is 1.35. The van der Waals surface area contributed by atoms with Gasteiger partial charge in [0.1, 0.15) is 0 Å². The van der Waals surface area contributed by atoms with Crippen LogP contribution in [0, 0.1) is 0 Å². The number of rotatable bonds is 2. The van der Waals surface area contributed by atoms with Gasteiger partial charge in [0, 0.05) is 19.1 Å². The monoisotopic (exact) mass is 293 g/mol. The molecule has 0 aromatic rings. The zero-order valence-electron chi connectivity index (χ0n) is 11.7. The standard InChI is InChI=1S/C13H22F3N3O/c1-12(17,13(14,15)16)11(20)19-8-5-10(9-19)18-6-3-2-4-7-18/h10H,2-9,17H2,1H3. The SMILES string of the molecule is CC(N)(C(=O)N1CCC(N2CCCCC2)C1)C(F)(F)F.